The third-order valence-electron chi connectivity index (χ3n) is 5.33. The summed E-state index contributed by atoms with van der Waals surface area (Å²) in [6, 6.07) is 0. The zero-order chi connectivity index (χ0) is 20.7. The molecule has 0 aliphatic heterocycles. The van der Waals surface area contributed by atoms with Gasteiger partial charge in [-0.1, -0.05) is 117 Å². The zero-order valence-electron chi connectivity index (χ0n) is 19.0. The van der Waals surface area contributed by atoms with Gasteiger partial charge in [0.2, 0.25) is 5.91 Å². The van der Waals surface area contributed by atoms with Gasteiger partial charge < -0.3 is 10.6 Å². The second-order valence-electron chi connectivity index (χ2n) is 8.21. The minimum Gasteiger partial charge on any atom is -0.362 e. The summed E-state index contributed by atoms with van der Waals surface area (Å²) < 4.78 is 0. The van der Waals surface area contributed by atoms with Crippen molar-refractivity contribution in [3.63, 3.8) is 0 Å². The van der Waals surface area contributed by atoms with Crippen LogP contribution >= 0.6 is 12.2 Å². The standard InChI is InChI=1S/C24H48N2OS/c1-3-5-7-9-10-11-12-13-14-15-16-17-18-20-22-25-24(28)26-23(27)21-19-8-6-4-2/h3-22H2,1-2H3,(H2,25,26,27,28). The van der Waals surface area contributed by atoms with Crippen molar-refractivity contribution in [1.82, 2.24) is 10.6 Å². The topological polar surface area (TPSA) is 41.1 Å². The van der Waals surface area contributed by atoms with Crippen LogP contribution in [0.5, 0.6) is 0 Å². The van der Waals surface area contributed by atoms with Crippen LogP contribution in [0.2, 0.25) is 0 Å². The van der Waals surface area contributed by atoms with Crippen molar-refractivity contribution >= 4 is 23.2 Å². The highest BCUT2D eigenvalue weighted by molar-refractivity contribution is 7.80. The van der Waals surface area contributed by atoms with Crippen LogP contribution in [0.25, 0.3) is 0 Å². The van der Waals surface area contributed by atoms with Gasteiger partial charge in [0.1, 0.15) is 0 Å². The Labute approximate surface area is 181 Å². The van der Waals surface area contributed by atoms with Gasteiger partial charge in [-0.3, -0.25) is 4.79 Å². The molecule has 0 bridgehead atoms. The number of unbranched alkanes of at least 4 members (excludes halogenated alkanes) is 16. The van der Waals surface area contributed by atoms with Crippen LogP contribution in [0, 0.1) is 0 Å². The summed E-state index contributed by atoms with van der Waals surface area (Å²) in [7, 11) is 0. The van der Waals surface area contributed by atoms with E-state index < -0.39 is 0 Å². The van der Waals surface area contributed by atoms with E-state index in [0.717, 1.165) is 25.8 Å². The fraction of sp³-hybridized carbons (Fsp3) is 0.917. The first kappa shape index (κ1) is 27.4. The van der Waals surface area contributed by atoms with Gasteiger partial charge >= 0.3 is 0 Å². The van der Waals surface area contributed by atoms with Crippen molar-refractivity contribution in [2.75, 3.05) is 6.54 Å². The molecule has 0 fully saturated rings. The maximum absolute atomic E-state index is 11.7. The molecule has 166 valence electrons. The van der Waals surface area contributed by atoms with Gasteiger partial charge in [0.15, 0.2) is 5.11 Å². The molecule has 0 aromatic rings. The van der Waals surface area contributed by atoms with Gasteiger partial charge in [0.05, 0.1) is 0 Å². The molecule has 0 aromatic carbocycles. The van der Waals surface area contributed by atoms with Crippen molar-refractivity contribution in [3.8, 4) is 0 Å². The molecule has 0 saturated heterocycles. The Balaban J connectivity index is 3.24. The van der Waals surface area contributed by atoms with Crippen LogP contribution in [0.4, 0.5) is 0 Å². The minimum absolute atomic E-state index is 0.0505. The number of amides is 1. The summed E-state index contributed by atoms with van der Waals surface area (Å²) >= 11 is 5.19. The fourth-order valence-electron chi connectivity index (χ4n) is 3.47. The molecule has 0 radical (unpaired) electrons. The molecule has 0 aliphatic rings. The highest BCUT2D eigenvalue weighted by Gasteiger charge is 2.03. The lowest BCUT2D eigenvalue weighted by Gasteiger charge is -2.09. The monoisotopic (exact) mass is 412 g/mol. The van der Waals surface area contributed by atoms with Crippen LogP contribution in [0.15, 0.2) is 0 Å². The molecular formula is C24H48N2OS. The quantitative estimate of drug-likeness (QED) is 0.161. The largest absolute Gasteiger partial charge is 0.362 e. The van der Waals surface area contributed by atoms with Crippen molar-refractivity contribution in [2.24, 2.45) is 0 Å². The molecule has 0 saturated carbocycles. The van der Waals surface area contributed by atoms with Gasteiger partial charge in [-0.25, -0.2) is 0 Å². The third-order valence-corrected chi connectivity index (χ3v) is 5.57. The van der Waals surface area contributed by atoms with Crippen LogP contribution in [-0.2, 0) is 4.79 Å². The van der Waals surface area contributed by atoms with E-state index >= 15 is 0 Å². The van der Waals surface area contributed by atoms with E-state index in [1.165, 1.54) is 96.3 Å². The molecule has 2 N–H and O–H groups in total. The maximum atomic E-state index is 11.7. The van der Waals surface area contributed by atoms with Crippen molar-refractivity contribution in [1.29, 1.82) is 0 Å². The average Bonchev–Trinajstić information content (AvgIpc) is 2.68. The first-order valence-electron chi connectivity index (χ1n) is 12.3. The molecule has 0 aromatic heterocycles. The molecule has 0 spiro atoms. The summed E-state index contributed by atoms with van der Waals surface area (Å²) in [6.45, 7) is 5.32. The molecule has 0 unspecified atom stereocenters. The van der Waals surface area contributed by atoms with Crippen LogP contribution in [0.3, 0.4) is 0 Å². The summed E-state index contributed by atoms with van der Waals surface area (Å²) in [6.07, 6.45) is 24.3. The molecule has 1 amide bonds. The number of thiocarbonyl (C=S) groups is 1. The Hall–Kier alpha value is -0.640. The highest BCUT2D eigenvalue weighted by Crippen LogP contribution is 2.12. The number of carbonyl (C=O) groups excluding carboxylic acids is 1. The lowest BCUT2D eigenvalue weighted by atomic mass is 10.0. The van der Waals surface area contributed by atoms with Crippen LogP contribution in [-0.4, -0.2) is 17.6 Å². The van der Waals surface area contributed by atoms with E-state index in [1.807, 2.05) is 0 Å². The first-order chi connectivity index (χ1) is 13.7. The number of nitrogens with one attached hydrogen (secondary N) is 2. The summed E-state index contributed by atoms with van der Waals surface area (Å²) in [5, 5.41) is 6.44. The summed E-state index contributed by atoms with van der Waals surface area (Å²) in [5.41, 5.74) is 0. The SMILES string of the molecule is CCCCCCCCCCCCCCCCNC(=S)NC(=O)CCCCCC. The first-order valence-corrected chi connectivity index (χ1v) is 12.7. The Morgan fingerprint density at radius 3 is 1.46 bits per heavy atom. The van der Waals surface area contributed by atoms with Crippen molar-refractivity contribution in [2.45, 2.75) is 136 Å². The number of rotatable bonds is 20. The zero-order valence-corrected chi connectivity index (χ0v) is 19.8. The number of hydrogen-bond donors (Lipinski definition) is 2. The fourth-order valence-corrected chi connectivity index (χ4v) is 3.68. The molecule has 4 heteroatoms. The van der Waals surface area contributed by atoms with Gasteiger partial charge in [-0.2, -0.15) is 0 Å². The molecule has 0 atom stereocenters. The number of carbonyl (C=O) groups is 1. The van der Waals surface area contributed by atoms with Gasteiger partial charge in [0, 0.05) is 13.0 Å². The van der Waals surface area contributed by atoms with Gasteiger partial charge in [-0.05, 0) is 25.1 Å². The average molecular weight is 413 g/mol. The van der Waals surface area contributed by atoms with E-state index in [1.54, 1.807) is 0 Å². The highest BCUT2D eigenvalue weighted by atomic mass is 32.1. The maximum Gasteiger partial charge on any atom is 0.226 e. The molecule has 28 heavy (non-hydrogen) atoms. The molecule has 0 aliphatic carbocycles. The van der Waals surface area contributed by atoms with Gasteiger partial charge in [0.25, 0.3) is 0 Å². The summed E-state index contributed by atoms with van der Waals surface area (Å²) in [4.78, 5) is 11.7. The third kappa shape index (κ3) is 21.7. The van der Waals surface area contributed by atoms with Crippen LogP contribution in [0.1, 0.15) is 136 Å². The summed E-state index contributed by atoms with van der Waals surface area (Å²) in [5.74, 6) is 0.0505. The Bertz CT molecular complexity index is 361. The van der Waals surface area contributed by atoms with E-state index in [2.05, 4.69) is 24.5 Å². The molecule has 0 rings (SSSR count). The van der Waals surface area contributed by atoms with E-state index in [-0.39, 0.29) is 5.91 Å². The predicted octanol–water partition coefficient (Wildman–Crippen LogP) is 7.43. The van der Waals surface area contributed by atoms with Gasteiger partial charge in [-0.15, -0.1) is 0 Å². The lowest BCUT2D eigenvalue weighted by molar-refractivity contribution is -0.119. The minimum atomic E-state index is 0.0505. The second-order valence-corrected chi connectivity index (χ2v) is 8.62. The molecule has 3 nitrogen and oxygen atoms in total. The molecular weight excluding hydrogens is 364 g/mol. The van der Waals surface area contributed by atoms with E-state index in [4.69, 9.17) is 12.2 Å². The normalized spacial score (nSPS) is 10.8. The van der Waals surface area contributed by atoms with Crippen LogP contribution < -0.4 is 10.6 Å². The number of hydrogen-bond acceptors (Lipinski definition) is 2. The van der Waals surface area contributed by atoms with Crippen molar-refractivity contribution < 1.29 is 4.79 Å². The van der Waals surface area contributed by atoms with Crippen molar-refractivity contribution in [3.05, 3.63) is 0 Å². The van der Waals surface area contributed by atoms with E-state index in [9.17, 15) is 4.79 Å². The van der Waals surface area contributed by atoms with E-state index in [0.29, 0.717) is 11.5 Å². The predicted molar refractivity (Wildman–Crippen MR) is 128 cm³/mol. The Morgan fingerprint density at radius 2 is 1.00 bits per heavy atom. The molecule has 0 heterocycles. The smallest absolute Gasteiger partial charge is 0.226 e. The lowest BCUT2D eigenvalue weighted by Crippen LogP contribution is -2.39. The Morgan fingerprint density at radius 1 is 0.607 bits per heavy atom. The second kappa shape index (κ2) is 22.6. The Kier molecular flexibility index (Phi) is 22.1.